The summed E-state index contributed by atoms with van der Waals surface area (Å²) >= 11 is 0. The topological polar surface area (TPSA) is 69.0 Å². The predicted octanol–water partition coefficient (Wildman–Crippen LogP) is 3.84. The number of ether oxygens (including phenoxy) is 1. The number of carbonyl (C=O) groups excluding carboxylic acids is 1. The minimum atomic E-state index is -0.379. The summed E-state index contributed by atoms with van der Waals surface area (Å²) in [5.41, 5.74) is 2.86. The van der Waals surface area contributed by atoms with Crippen LogP contribution in [-0.2, 0) is 11.3 Å². The third-order valence-corrected chi connectivity index (χ3v) is 4.94. The van der Waals surface area contributed by atoms with E-state index in [4.69, 9.17) is 4.74 Å². The number of nitrogens with one attached hydrogen (secondary N) is 1. The zero-order valence-electron chi connectivity index (χ0n) is 14.5. The fraction of sp³-hybridized carbons (Fsp3) is 0.350. The van der Waals surface area contributed by atoms with E-state index in [-0.39, 0.29) is 24.8 Å². The van der Waals surface area contributed by atoms with Crippen LogP contribution in [0.15, 0.2) is 54.6 Å². The van der Waals surface area contributed by atoms with Gasteiger partial charge in [-0.3, -0.25) is 0 Å². The third-order valence-electron chi connectivity index (χ3n) is 4.94. The standard InChI is InChI=1S/C20H22N4O2/c25-20(26-14-15-8-2-1-3-9-15)21-16-10-4-6-12-18(16)24-19-13-7-5-11-17(19)22-23-24/h1-3,5,7-9,11,13,16,18H,4,6,10,12,14H2,(H,21,25)/t16-,18-/m1/s1. The van der Waals surface area contributed by atoms with E-state index in [0.717, 1.165) is 42.3 Å². The number of hydrogen-bond donors (Lipinski definition) is 1. The van der Waals surface area contributed by atoms with Gasteiger partial charge in [0.2, 0.25) is 0 Å². The van der Waals surface area contributed by atoms with Gasteiger partial charge in [0.15, 0.2) is 0 Å². The van der Waals surface area contributed by atoms with Crippen molar-refractivity contribution in [1.29, 1.82) is 0 Å². The number of benzene rings is 2. The molecule has 6 nitrogen and oxygen atoms in total. The molecule has 1 N–H and O–H groups in total. The van der Waals surface area contributed by atoms with Gasteiger partial charge in [0, 0.05) is 0 Å². The molecular formula is C20H22N4O2. The van der Waals surface area contributed by atoms with Crippen LogP contribution < -0.4 is 5.32 Å². The summed E-state index contributed by atoms with van der Waals surface area (Å²) in [6.07, 6.45) is 3.72. The third kappa shape index (κ3) is 3.54. The van der Waals surface area contributed by atoms with Crippen molar-refractivity contribution in [3.63, 3.8) is 0 Å². The number of nitrogens with zero attached hydrogens (tertiary/aromatic N) is 3. The summed E-state index contributed by atoms with van der Waals surface area (Å²) in [5, 5.41) is 11.6. The average molecular weight is 350 g/mol. The van der Waals surface area contributed by atoms with Crippen LogP contribution in [0.4, 0.5) is 4.79 Å². The Labute approximate surface area is 152 Å². The van der Waals surface area contributed by atoms with Gasteiger partial charge in [-0.05, 0) is 30.5 Å². The van der Waals surface area contributed by atoms with Crippen LogP contribution in [0.3, 0.4) is 0 Å². The molecule has 4 rings (SSSR count). The van der Waals surface area contributed by atoms with Gasteiger partial charge in [0.05, 0.1) is 17.6 Å². The highest BCUT2D eigenvalue weighted by Crippen LogP contribution is 2.30. The second kappa shape index (κ2) is 7.56. The lowest BCUT2D eigenvalue weighted by atomic mass is 9.90. The molecule has 1 amide bonds. The molecule has 2 atom stereocenters. The number of aromatic nitrogens is 3. The van der Waals surface area contributed by atoms with Crippen molar-refractivity contribution in [3.8, 4) is 0 Å². The molecule has 26 heavy (non-hydrogen) atoms. The molecule has 1 heterocycles. The van der Waals surface area contributed by atoms with E-state index < -0.39 is 0 Å². The molecule has 2 aromatic carbocycles. The molecule has 0 unspecified atom stereocenters. The van der Waals surface area contributed by atoms with Crippen LogP contribution in [0.1, 0.15) is 37.3 Å². The lowest BCUT2D eigenvalue weighted by Gasteiger charge is -2.32. The monoisotopic (exact) mass is 350 g/mol. The highest BCUT2D eigenvalue weighted by atomic mass is 16.5. The molecular weight excluding hydrogens is 328 g/mol. The van der Waals surface area contributed by atoms with E-state index >= 15 is 0 Å². The summed E-state index contributed by atoms with van der Waals surface area (Å²) in [7, 11) is 0. The number of rotatable bonds is 4. The van der Waals surface area contributed by atoms with Crippen LogP contribution in [0.25, 0.3) is 11.0 Å². The maximum absolute atomic E-state index is 12.3. The second-order valence-electron chi connectivity index (χ2n) is 6.69. The van der Waals surface area contributed by atoms with Gasteiger partial charge < -0.3 is 10.1 Å². The molecule has 1 fully saturated rings. The van der Waals surface area contributed by atoms with E-state index in [1.807, 2.05) is 59.3 Å². The van der Waals surface area contributed by atoms with E-state index in [2.05, 4.69) is 15.6 Å². The number of amides is 1. The summed E-state index contributed by atoms with van der Waals surface area (Å²) in [6.45, 7) is 0.274. The molecule has 1 aliphatic carbocycles. The molecule has 1 aromatic heterocycles. The van der Waals surface area contributed by atoms with Gasteiger partial charge in [-0.25, -0.2) is 9.48 Å². The molecule has 0 radical (unpaired) electrons. The van der Waals surface area contributed by atoms with Crippen molar-refractivity contribution in [3.05, 3.63) is 60.2 Å². The molecule has 3 aromatic rings. The molecule has 1 saturated carbocycles. The highest BCUT2D eigenvalue weighted by Gasteiger charge is 2.30. The van der Waals surface area contributed by atoms with Crippen LogP contribution in [0.5, 0.6) is 0 Å². The maximum Gasteiger partial charge on any atom is 0.407 e. The molecule has 0 saturated heterocycles. The Hall–Kier alpha value is -2.89. The first kappa shape index (κ1) is 16.6. The van der Waals surface area contributed by atoms with Gasteiger partial charge in [-0.2, -0.15) is 0 Å². The molecule has 6 heteroatoms. The predicted molar refractivity (Wildman–Crippen MR) is 98.6 cm³/mol. The van der Waals surface area contributed by atoms with Crippen molar-refractivity contribution in [2.45, 2.75) is 44.4 Å². The van der Waals surface area contributed by atoms with Crippen molar-refractivity contribution >= 4 is 17.1 Å². The molecule has 0 spiro atoms. The van der Waals surface area contributed by atoms with Crippen LogP contribution in [0.2, 0.25) is 0 Å². The minimum Gasteiger partial charge on any atom is -0.445 e. The number of carbonyl (C=O) groups is 1. The Kier molecular flexibility index (Phi) is 4.82. The lowest BCUT2D eigenvalue weighted by Crippen LogP contribution is -2.43. The Morgan fingerprint density at radius 1 is 1.08 bits per heavy atom. The minimum absolute atomic E-state index is 0.00266. The smallest absolute Gasteiger partial charge is 0.407 e. The van der Waals surface area contributed by atoms with Crippen LogP contribution >= 0.6 is 0 Å². The molecule has 134 valence electrons. The Balaban J connectivity index is 1.45. The van der Waals surface area contributed by atoms with Gasteiger partial charge in [-0.15, -0.1) is 5.10 Å². The Morgan fingerprint density at radius 3 is 2.73 bits per heavy atom. The van der Waals surface area contributed by atoms with Crippen molar-refractivity contribution in [2.75, 3.05) is 0 Å². The van der Waals surface area contributed by atoms with E-state index in [9.17, 15) is 4.79 Å². The summed E-state index contributed by atoms with van der Waals surface area (Å²) in [6, 6.07) is 17.7. The summed E-state index contributed by atoms with van der Waals surface area (Å²) in [4.78, 5) is 12.3. The van der Waals surface area contributed by atoms with Crippen molar-refractivity contribution < 1.29 is 9.53 Å². The first-order chi connectivity index (χ1) is 12.8. The van der Waals surface area contributed by atoms with Gasteiger partial charge in [0.1, 0.15) is 12.1 Å². The van der Waals surface area contributed by atoms with Gasteiger partial charge >= 0.3 is 6.09 Å². The first-order valence-corrected chi connectivity index (χ1v) is 9.08. The average Bonchev–Trinajstić information content (AvgIpc) is 3.12. The van der Waals surface area contributed by atoms with E-state index in [1.165, 1.54) is 0 Å². The molecule has 0 aliphatic heterocycles. The number of alkyl carbamates (subject to hydrolysis) is 1. The van der Waals surface area contributed by atoms with Gasteiger partial charge in [-0.1, -0.05) is 60.5 Å². The molecule has 1 aliphatic rings. The zero-order valence-corrected chi connectivity index (χ0v) is 14.5. The molecule has 0 bridgehead atoms. The lowest BCUT2D eigenvalue weighted by molar-refractivity contribution is 0.126. The Bertz CT molecular complexity index is 878. The SMILES string of the molecule is O=C(N[C@@H]1CCCC[C@H]1n1nnc2ccccc21)OCc1ccccc1. The number of hydrogen-bond acceptors (Lipinski definition) is 4. The largest absolute Gasteiger partial charge is 0.445 e. The summed E-state index contributed by atoms with van der Waals surface area (Å²) in [5.74, 6) is 0. The van der Waals surface area contributed by atoms with Crippen LogP contribution in [-0.4, -0.2) is 27.1 Å². The first-order valence-electron chi connectivity index (χ1n) is 9.08. The maximum atomic E-state index is 12.3. The quantitative estimate of drug-likeness (QED) is 0.776. The Morgan fingerprint density at radius 2 is 1.85 bits per heavy atom. The zero-order chi connectivity index (χ0) is 17.8. The van der Waals surface area contributed by atoms with E-state index in [0.29, 0.717) is 0 Å². The van der Waals surface area contributed by atoms with E-state index in [1.54, 1.807) is 0 Å². The highest BCUT2D eigenvalue weighted by molar-refractivity contribution is 5.74. The van der Waals surface area contributed by atoms with Crippen molar-refractivity contribution in [2.24, 2.45) is 0 Å². The number of para-hydroxylation sites is 1. The fourth-order valence-corrected chi connectivity index (χ4v) is 3.62. The summed E-state index contributed by atoms with van der Waals surface area (Å²) < 4.78 is 7.34. The second-order valence-corrected chi connectivity index (χ2v) is 6.69. The van der Waals surface area contributed by atoms with Gasteiger partial charge in [0.25, 0.3) is 0 Å². The van der Waals surface area contributed by atoms with Crippen molar-refractivity contribution in [1.82, 2.24) is 20.3 Å². The number of fused-ring (bicyclic) bond motifs is 1. The van der Waals surface area contributed by atoms with Crippen LogP contribution in [0, 0.1) is 0 Å². The fourth-order valence-electron chi connectivity index (χ4n) is 3.62. The normalized spacial score (nSPS) is 20.0.